The largest absolute Gasteiger partial charge is 0.872 e. The Morgan fingerprint density at radius 2 is 1.90 bits per heavy atom. The smallest absolute Gasteiger partial charge is 0.118 e. The van der Waals surface area contributed by atoms with Gasteiger partial charge in [0.05, 0.1) is 7.11 Å². The van der Waals surface area contributed by atoms with Crippen molar-refractivity contribution in [2.75, 3.05) is 7.11 Å². The van der Waals surface area contributed by atoms with E-state index in [2.05, 4.69) is 18.2 Å². The van der Waals surface area contributed by atoms with Crippen LogP contribution in [-0.2, 0) is 0 Å². The lowest BCUT2D eigenvalue weighted by molar-refractivity contribution is -0.268. The van der Waals surface area contributed by atoms with E-state index < -0.39 is 0 Å². The SMILES string of the molecule is COc1cc([O-])cc(/C=C/c2cc3ccccc3s2)c1. The predicted octanol–water partition coefficient (Wildman–Crippen LogP) is 4.15. The summed E-state index contributed by atoms with van der Waals surface area (Å²) in [5.74, 6) is 0.550. The van der Waals surface area contributed by atoms with Gasteiger partial charge in [0.15, 0.2) is 0 Å². The Bertz CT molecular complexity index is 739. The monoisotopic (exact) mass is 281 g/mol. The highest BCUT2D eigenvalue weighted by atomic mass is 32.1. The quantitative estimate of drug-likeness (QED) is 0.722. The number of ether oxygens (including phenoxy) is 1. The Morgan fingerprint density at radius 3 is 2.70 bits per heavy atom. The van der Waals surface area contributed by atoms with Crippen LogP contribution in [0.4, 0.5) is 0 Å². The van der Waals surface area contributed by atoms with Crippen LogP contribution < -0.4 is 9.84 Å². The van der Waals surface area contributed by atoms with Gasteiger partial charge >= 0.3 is 0 Å². The average molecular weight is 281 g/mol. The summed E-state index contributed by atoms with van der Waals surface area (Å²) in [5.41, 5.74) is 0.854. The van der Waals surface area contributed by atoms with Crippen molar-refractivity contribution < 1.29 is 9.84 Å². The van der Waals surface area contributed by atoms with Crippen LogP contribution in [0.25, 0.3) is 22.2 Å². The number of thiophene rings is 1. The van der Waals surface area contributed by atoms with Crippen LogP contribution in [0.15, 0.2) is 48.5 Å². The first-order valence-electron chi connectivity index (χ1n) is 6.27. The molecule has 2 aromatic carbocycles. The Hall–Kier alpha value is -2.26. The molecule has 3 rings (SSSR count). The zero-order valence-electron chi connectivity index (χ0n) is 11.0. The minimum atomic E-state index is -0.0414. The van der Waals surface area contributed by atoms with Crippen LogP contribution in [0.2, 0.25) is 0 Å². The van der Waals surface area contributed by atoms with Crippen molar-refractivity contribution in [2.45, 2.75) is 0 Å². The molecule has 0 unspecified atom stereocenters. The molecule has 1 aromatic heterocycles. The molecule has 0 aliphatic heterocycles. The van der Waals surface area contributed by atoms with Crippen molar-refractivity contribution in [3.63, 3.8) is 0 Å². The van der Waals surface area contributed by atoms with Gasteiger partial charge in [0, 0.05) is 9.58 Å². The second kappa shape index (κ2) is 5.39. The zero-order valence-corrected chi connectivity index (χ0v) is 11.8. The lowest BCUT2D eigenvalue weighted by Crippen LogP contribution is -1.91. The maximum absolute atomic E-state index is 11.5. The molecule has 0 amide bonds. The van der Waals surface area contributed by atoms with Crippen LogP contribution >= 0.6 is 11.3 Å². The third-order valence-corrected chi connectivity index (χ3v) is 4.10. The van der Waals surface area contributed by atoms with Crippen molar-refractivity contribution in [2.24, 2.45) is 0 Å². The minimum Gasteiger partial charge on any atom is -0.872 e. The van der Waals surface area contributed by atoms with Crippen molar-refractivity contribution in [1.29, 1.82) is 0 Å². The summed E-state index contributed by atoms with van der Waals surface area (Å²) < 4.78 is 6.37. The highest BCUT2D eigenvalue weighted by Crippen LogP contribution is 2.27. The maximum atomic E-state index is 11.5. The van der Waals surface area contributed by atoms with E-state index in [9.17, 15) is 5.11 Å². The lowest BCUT2D eigenvalue weighted by Gasteiger charge is -2.09. The van der Waals surface area contributed by atoms with Gasteiger partial charge in [0.25, 0.3) is 0 Å². The molecular formula is C17H13O2S-. The molecule has 3 aromatic rings. The first-order valence-corrected chi connectivity index (χ1v) is 7.09. The molecular weight excluding hydrogens is 268 g/mol. The van der Waals surface area contributed by atoms with Crippen LogP contribution in [0.3, 0.4) is 0 Å². The van der Waals surface area contributed by atoms with Crippen molar-refractivity contribution in [3.05, 3.63) is 59.0 Å². The maximum Gasteiger partial charge on any atom is 0.118 e. The van der Waals surface area contributed by atoms with Crippen LogP contribution in [0, 0.1) is 0 Å². The van der Waals surface area contributed by atoms with Gasteiger partial charge in [0.1, 0.15) is 5.75 Å². The number of hydrogen-bond donors (Lipinski definition) is 0. The van der Waals surface area contributed by atoms with Gasteiger partial charge in [-0.3, -0.25) is 0 Å². The summed E-state index contributed by atoms with van der Waals surface area (Å²) in [6, 6.07) is 15.4. The molecule has 0 atom stereocenters. The second-order valence-electron chi connectivity index (χ2n) is 4.46. The molecule has 0 saturated carbocycles. The summed E-state index contributed by atoms with van der Waals surface area (Å²) in [5, 5.41) is 12.8. The number of rotatable bonds is 3. The number of hydrogen-bond acceptors (Lipinski definition) is 3. The molecule has 0 aliphatic rings. The predicted molar refractivity (Wildman–Crippen MR) is 83.2 cm³/mol. The Labute approximate surface area is 121 Å². The van der Waals surface area contributed by atoms with E-state index in [1.54, 1.807) is 24.5 Å². The first kappa shape index (κ1) is 12.8. The van der Waals surface area contributed by atoms with Crippen LogP contribution in [0.5, 0.6) is 11.5 Å². The van der Waals surface area contributed by atoms with Crippen molar-refractivity contribution >= 4 is 33.6 Å². The molecule has 2 nitrogen and oxygen atoms in total. The summed E-state index contributed by atoms with van der Waals surface area (Å²) in [7, 11) is 1.56. The van der Waals surface area contributed by atoms with Gasteiger partial charge < -0.3 is 9.84 Å². The highest BCUT2D eigenvalue weighted by molar-refractivity contribution is 7.19. The molecule has 3 heteroatoms. The van der Waals surface area contributed by atoms with Gasteiger partial charge in [-0.2, -0.15) is 0 Å². The van der Waals surface area contributed by atoms with E-state index in [1.807, 2.05) is 30.4 Å². The molecule has 20 heavy (non-hydrogen) atoms. The van der Waals surface area contributed by atoms with Crippen LogP contribution in [-0.4, -0.2) is 7.11 Å². The minimum absolute atomic E-state index is 0.0414. The molecule has 0 spiro atoms. The molecule has 0 bridgehead atoms. The Balaban J connectivity index is 1.91. The summed E-state index contributed by atoms with van der Waals surface area (Å²) in [4.78, 5) is 1.17. The number of benzene rings is 2. The normalized spacial score (nSPS) is 11.2. The Kier molecular flexibility index (Phi) is 3.44. The molecule has 0 radical (unpaired) electrons. The Morgan fingerprint density at radius 1 is 1.05 bits per heavy atom. The van der Waals surface area contributed by atoms with E-state index in [0.29, 0.717) is 5.75 Å². The van der Waals surface area contributed by atoms with Gasteiger partial charge in [-0.25, -0.2) is 0 Å². The average Bonchev–Trinajstić information content (AvgIpc) is 2.87. The van der Waals surface area contributed by atoms with E-state index >= 15 is 0 Å². The number of methoxy groups -OCH3 is 1. The van der Waals surface area contributed by atoms with Gasteiger partial charge in [-0.1, -0.05) is 30.3 Å². The van der Waals surface area contributed by atoms with E-state index in [-0.39, 0.29) is 5.75 Å². The summed E-state index contributed by atoms with van der Waals surface area (Å²) in [6.45, 7) is 0. The van der Waals surface area contributed by atoms with E-state index in [0.717, 1.165) is 5.56 Å². The highest BCUT2D eigenvalue weighted by Gasteiger charge is 1.98. The summed E-state index contributed by atoms with van der Waals surface area (Å²) in [6.07, 6.45) is 3.97. The van der Waals surface area contributed by atoms with Crippen molar-refractivity contribution in [1.82, 2.24) is 0 Å². The van der Waals surface area contributed by atoms with E-state index in [1.165, 1.54) is 21.0 Å². The van der Waals surface area contributed by atoms with Crippen molar-refractivity contribution in [3.8, 4) is 11.5 Å². The molecule has 0 N–H and O–H groups in total. The van der Waals surface area contributed by atoms with Gasteiger partial charge in [-0.15, -0.1) is 17.1 Å². The third kappa shape index (κ3) is 2.68. The fourth-order valence-corrected chi connectivity index (χ4v) is 3.04. The molecule has 100 valence electrons. The fourth-order valence-electron chi connectivity index (χ4n) is 2.07. The summed E-state index contributed by atoms with van der Waals surface area (Å²) >= 11 is 1.73. The molecule has 0 saturated heterocycles. The lowest BCUT2D eigenvalue weighted by atomic mass is 10.2. The fraction of sp³-hybridized carbons (Fsp3) is 0.0588. The van der Waals surface area contributed by atoms with Gasteiger partial charge in [0.2, 0.25) is 0 Å². The first-order chi connectivity index (χ1) is 9.74. The van der Waals surface area contributed by atoms with Gasteiger partial charge in [-0.05, 0) is 41.3 Å². The topological polar surface area (TPSA) is 32.3 Å². The molecule has 0 aliphatic carbocycles. The molecule has 0 fully saturated rings. The van der Waals surface area contributed by atoms with E-state index in [4.69, 9.17) is 4.74 Å². The second-order valence-corrected chi connectivity index (χ2v) is 5.58. The standard InChI is InChI=1S/C17H14O2S/c1-19-15-9-12(8-14(18)11-15)6-7-16-10-13-4-2-3-5-17(13)20-16/h2-11,18H,1H3/p-1/b7-6+. The molecule has 1 heterocycles. The third-order valence-electron chi connectivity index (χ3n) is 3.02. The number of fused-ring (bicyclic) bond motifs is 1. The zero-order chi connectivity index (χ0) is 13.9. The van der Waals surface area contributed by atoms with Crippen LogP contribution in [0.1, 0.15) is 10.4 Å².